The summed E-state index contributed by atoms with van der Waals surface area (Å²) in [5.74, 6) is 0.0748. The van der Waals surface area contributed by atoms with Crippen LogP contribution in [0.1, 0.15) is 18.1 Å². The fourth-order valence-corrected chi connectivity index (χ4v) is 2.84. The molecule has 2 heterocycles. The number of amides is 1. The Morgan fingerprint density at radius 3 is 2.85 bits per heavy atom. The summed E-state index contributed by atoms with van der Waals surface area (Å²) >= 11 is 0. The third-order valence-electron chi connectivity index (χ3n) is 3.96. The largest absolute Gasteiger partial charge is 0.392 e. The van der Waals surface area contributed by atoms with Crippen LogP contribution < -0.4 is 5.32 Å². The highest BCUT2D eigenvalue weighted by Crippen LogP contribution is 2.23. The molecule has 3 unspecified atom stereocenters. The van der Waals surface area contributed by atoms with Gasteiger partial charge in [-0.2, -0.15) is 0 Å². The summed E-state index contributed by atoms with van der Waals surface area (Å²) in [7, 11) is 0. The van der Waals surface area contributed by atoms with Crippen LogP contribution >= 0.6 is 0 Å². The molecule has 5 heteroatoms. The molecular weight excluding hydrogens is 256 g/mol. The molecule has 0 bridgehead atoms. The minimum atomic E-state index is -0.407. The van der Waals surface area contributed by atoms with E-state index in [0.717, 1.165) is 5.56 Å². The Morgan fingerprint density at radius 2 is 2.15 bits per heavy atom. The van der Waals surface area contributed by atoms with Gasteiger partial charge in [0.2, 0.25) is 5.91 Å². The van der Waals surface area contributed by atoms with Crippen LogP contribution in [0.25, 0.3) is 0 Å². The number of benzene rings is 1. The molecule has 2 fully saturated rings. The van der Waals surface area contributed by atoms with Gasteiger partial charge in [0.1, 0.15) is 6.10 Å². The molecule has 0 radical (unpaired) electrons. The van der Waals surface area contributed by atoms with Gasteiger partial charge < -0.3 is 20.1 Å². The zero-order chi connectivity index (χ0) is 13.9. The van der Waals surface area contributed by atoms with Gasteiger partial charge in [-0.05, 0) is 12.0 Å². The maximum atomic E-state index is 12.4. The van der Waals surface area contributed by atoms with Crippen LogP contribution in [0.2, 0.25) is 0 Å². The van der Waals surface area contributed by atoms with Crippen molar-refractivity contribution in [2.75, 3.05) is 26.2 Å². The van der Waals surface area contributed by atoms with Crippen LogP contribution in [-0.2, 0) is 9.53 Å². The first-order valence-electron chi connectivity index (χ1n) is 7.11. The summed E-state index contributed by atoms with van der Waals surface area (Å²) < 4.78 is 5.76. The van der Waals surface area contributed by atoms with Gasteiger partial charge in [0.15, 0.2) is 0 Å². The molecule has 0 aliphatic carbocycles. The summed E-state index contributed by atoms with van der Waals surface area (Å²) in [6, 6.07) is 9.73. The maximum Gasteiger partial charge on any atom is 0.239 e. The molecule has 20 heavy (non-hydrogen) atoms. The second-order valence-corrected chi connectivity index (χ2v) is 5.40. The quantitative estimate of drug-likeness (QED) is 0.816. The molecule has 2 aliphatic rings. The summed E-state index contributed by atoms with van der Waals surface area (Å²) in [4.78, 5) is 14.3. The normalized spacial score (nSPS) is 30.4. The molecular formula is C15H20N2O3. The summed E-state index contributed by atoms with van der Waals surface area (Å²) in [6.45, 7) is 2.26. The third-order valence-corrected chi connectivity index (χ3v) is 3.96. The van der Waals surface area contributed by atoms with Crippen molar-refractivity contribution >= 4 is 5.91 Å². The van der Waals surface area contributed by atoms with Crippen LogP contribution in [0.3, 0.4) is 0 Å². The highest BCUT2D eigenvalue weighted by atomic mass is 16.5. The van der Waals surface area contributed by atoms with Crippen molar-refractivity contribution in [3.05, 3.63) is 35.9 Å². The Balaban J connectivity index is 1.65. The molecule has 1 aromatic rings. The smallest absolute Gasteiger partial charge is 0.239 e. The first kappa shape index (κ1) is 13.5. The minimum absolute atomic E-state index is 0.0553. The van der Waals surface area contributed by atoms with Crippen molar-refractivity contribution in [2.45, 2.75) is 24.7 Å². The zero-order valence-corrected chi connectivity index (χ0v) is 11.4. The van der Waals surface area contributed by atoms with E-state index in [0.29, 0.717) is 32.7 Å². The third kappa shape index (κ3) is 2.85. The number of β-amino-alcohol motifs (C(OH)–C–C–N with tert-alkyl or cyclic N) is 1. The SMILES string of the molecule is O=C(C1CC(O)CN1)N1CCOC(c2ccccc2)C1. The molecule has 2 saturated heterocycles. The Morgan fingerprint density at radius 1 is 1.35 bits per heavy atom. The van der Waals surface area contributed by atoms with E-state index in [9.17, 15) is 9.90 Å². The molecule has 0 aromatic heterocycles. The van der Waals surface area contributed by atoms with Crippen LogP contribution in [-0.4, -0.2) is 54.3 Å². The predicted molar refractivity (Wildman–Crippen MR) is 74.1 cm³/mol. The highest BCUT2D eigenvalue weighted by molar-refractivity contribution is 5.82. The van der Waals surface area contributed by atoms with Crippen LogP contribution in [0.5, 0.6) is 0 Å². The van der Waals surface area contributed by atoms with Crippen LogP contribution in [0, 0.1) is 0 Å². The molecule has 0 saturated carbocycles. The average Bonchev–Trinajstić information content (AvgIpc) is 2.94. The van der Waals surface area contributed by atoms with Crippen LogP contribution in [0.15, 0.2) is 30.3 Å². The van der Waals surface area contributed by atoms with E-state index < -0.39 is 6.10 Å². The standard InChI is InChI=1S/C15H20N2O3/c18-12-8-13(16-9-12)15(19)17-6-7-20-14(10-17)11-4-2-1-3-5-11/h1-5,12-14,16,18H,6-10H2. The number of carbonyl (C=O) groups is 1. The number of hydrogen-bond donors (Lipinski definition) is 2. The van der Waals surface area contributed by atoms with Gasteiger partial charge in [-0.1, -0.05) is 30.3 Å². The second kappa shape index (κ2) is 5.91. The van der Waals surface area contributed by atoms with Gasteiger partial charge in [0.05, 0.1) is 25.3 Å². The Bertz CT molecular complexity index is 465. The lowest BCUT2D eigenvalue weighted by Gasteiger charge is -2.34. The lowest BCUT2D eigenvalue weighted by Crippen LogP contribution is -2.49. The van der Waals surface area contributed by atoms with Gasteiger partial charge in [0.25, 0.3) is 0 Å². The fraction of sp³-hybridized carbons (Fsp3) is 0.533. The van der Waals surface area contributed by atoms with Crippen molar-refractivity contribution in [3.63, 3.8) is 0 Å². The minimum Gasteiger partial charge on any atom is -0.392 e. The Labute approximate surface area is 118 Å². The molecule has 1 amide bonds. The topological polar surface area (TPSA) is 61.8 Å². The van der Waals surface area contributed by atoms with Crippen molar-refractivity contribution in [3.8, 4) is 0 Å². The predicted octanol–water partition coefficient (Wildman–Crippen LogP) is 0.309. The van der Waals surface area contributed by atoms with Crippen molar-refractivity contribution in [1.29, 1.82) is 0 Å². The summed E-state index contributed by atoms with van der Waals surface area (Å²) in [5.41, 5.74) is 1.10. The summed E-state index contributed by atoms with van der Waals surface area (Å²) in [6.07, 6.45) is 0.0433. The Hall–Kier alpha value is -1.43. The number of aliphatic hydroxyl groups is 1. The number of ether oxygens (including phenoxy) is 1. The molecule has 3 rings (SSSR count). The van der Waals surface area contributed by atoms with Gasteiger partial charge in [0, 0.05) is 13.1 Å². The number of morpholine rings is 1. The zero-order valence-electron chi connectivity index (χ0n) is 11.4. The van der Waals surface area contributed by atoms with E-state index in [4.69, 9.17) is 4.74 Å². The lowest BCUT2D eigenvalue weighted by atomic mass is 10.1. The van der Waals surface area contributed by atoms with Gasteiger partial charge in [-0.3, -0.25) is 4.79 Å². The first-order chi connectivity index (χ1) is 9.74. The van der Waals surface area contributed by atoms with Crippen LogP contribution in [0.4, 0.5) is 0 Å². The Kier molecular flexibility index (Phi) is 4.00. The van der Waals surface area contributed by atoms with E-state index in [1.807, 2.05) is 35.2 Å². The number of nitrogens with zero attached hydrogens (tertiary/aromatic N) is 1. The second-order valence-electron chi connectivity index (χ2n) is 5.40. The average molecular weight is 276 g/mol. The van der Waals surface area contributed by atoms with E-state index >= 15 is 0 Å². The first-order valence-corrected chi connectivity index (χ1v) is 7.11. The van der Waals surface area contributed by atoms with E-state index in [1.54, 1.807) is 0 Å². The fourth-order valence-electron chi connectivity index (χ4n) is 2.84. The number of hydrogen-bond acceptors (Lipinski definition) is 4. The molecule has 2 N–H and O–H groups in total. The summed E-state index contributed by atoms with van der Waals surface area (Å²) in [5, 5.41) is 12.6. The van der Waals surface area contributed by atoms with Crippen molar-refractivity contribution in [1.82, 2.24) is 10.2 Å². The number of rotatable bonds is 2. The molecule has 1 aromatic carbocycles. The number of carbonyl (C=O) groups excluding carboxylic acids is 1. The lowest BCUT2D eigenvalue weighted by molar-refractivity contribution is -0.141. The van der Waals surface area contributed by atoms with E-state index in [1.165, 1.54) is 0 Å². The monoisotopic (exact) mass is 276 g/mol. The van der Waals surface area contributed by atoms with E-state index in [2.05, 4.69) is 5.32 Å². The van der Waals surface area contributed by atoms with Gasteiger partial charge in [-0.15, -0.1) is 0 Å². The highest BCUT2D eigenvalue weighted by Gasteiger charge is 2.34. The number of nitrogens with one attached hydrogen (secondary N) is 1. The maximum absolute atomic E-state index is 12.4. The van der Waals surface area contributed by atoms with Gasteiger partial charge in [-0.25, -0.2) is 0 Å². The van der Waals surface area contributed by atoms with Gasteiger partial charge >= 0.3 is 0 Å². The number of aliphatic hydroxyl groups excluding tert-OH is 1. The molecule has 2 aliphatic heterocycles. The van der Waals surface area contributed by atoms with Crippen molar-refractivity contribution in [2.24, 2.45) is 0 Å². The molecule has 5 nitrogen and oxygen atoms in total. The molecule has 108 valence electrons. The molecule has 3 atom stereocenters. The van der Waals surface area contributed by atoms with E-state index in [-0.39, 0.29) is 18.1 Å². The van der Waals surface area contributed by atoms with Crippen molar-refractivity contribution < 1.29 is 14.6 Å². The molecule has 0 spiro atoms.